The molecule has 1 aliphatic heterocycles. The van der Waals surface area contributed by atoms with E-state index in [9.17, 15) is 14.0 Å². The standard InChI is InChI=1S/C25H25Cl2FN4O2/c26-18-5-6-19(27)24(28)23(18)25(34)17-13-20(30-15-17)21(33)12-16-4-7-22(31-14-16)29-8-11-32-9-2-1-3-10-32/h4-7,13-15,30H,1-3,8-12H2,(H,29,31). The minimum Gasteiger partial charge on any atom is -0.369 e. The quantitative estimate of drug-likeness (QED) is 0.302. The SMILES string of the molecule is O=C(Cc1ccc(NCCN2CCCCC2)nc1)c1cc(C(=O)c2c(Cl)ccc(Cl)c2F)c[nH]1. The largest absolute Gasteiger partial charge is 0.369 e. The third kappa shape index (κ3) is 5.84. The molecule has 3 heterocycles. The Morgan fingerprint density at radius 3 is 2.59 bits per heavy atom. The van der Waals surface area contributed by atoms with Crippen LogP contribution in [0.5, 0.6) is 0 Å². The molecule has 1 aliphatic rings. The average Bonchev–Trinajstić information content (AvgIpc) is 3.34. The first-order valence-electron chi connectivity index (χ1n) is 11.2. The van der Waals surface area contributed by atoms with E-state index in [1.165, 1.54) is 43.7 Å². The van der Waals surface area contributed by atoms with E-state index in [-0.39, 0.29) is 39.1 Å². The number of rotatable bonds is 9. The molecule has 178 valence electrons. The highest BCUT2D eigenvalue weighted by atomic mass is 35.5. The molecule has 4 rings (SSSR count). The fourth-order valence-electron chi connectivity index (χ4n) is 4.01. The predicted molar refractivity (Wildman–Crippen MR) is 132 cm³/mol. The summed E-state index contributed by atoms with van der Waals surface area (Å²) in [5, 5.41) is 3.07. The molecule has 0 atom stereocenters. The third-order valence-electron chi connectivity index (χ3n) is 5.89. The van der Waals surface area contributed by atoms with Crippen molar-refractivity contribution in [2.45, 2.75) is 25.7 Å². The van der Waals surface area contributed by atoms with Crippen LogP contribution in [0.25, 0.3) is 0 Å². The number of piperidine rings is 1. The Morgan fingerprint density at radius 2 is 1.85 bits per heavy atom. The molecule has 3 aromatic rings. The zero-order valence-electron chi connectivity index (χ0n) is 18.5. The second kappa shape index (κ2) is 11.1. The number of likely N-dealkylation sites (tertiary alicyclic amines) is 1. The number of carbonyl (C=O) groups excluding carboxylic acids is 2. The zero-order valence-corrected chi connectivity index (χ0v) is 20.1. The first-order valence-corrected chi connectivity index (χ1v) is 12.0. The molecular formula is C25H25Cl2FN4O2. The molecule has 0 saturated carbocycles. The van der Waals surface area contributed by atoms with Gasteiger partial charge in [-0.25, -0.2) is 9.37 Å². The number of H-pyrrole nitrogens is 1. The number of benzene rings is 1. The fraction of sp³-hybridized carbons (Fsp3) is 0.320. The van der Waals surface area contributed by atoms with E-state index in [1.54, 1.807) is 6.20 Å². The highest BCUT2D eigenvalue weighted by molar-refractivity contribution is 6.37. The van der Waals surface area contributed by atoms with E-state index in [1.807, 2.05) is 12.1 Å². The van der Waals surface area contributed by atoms with Crippen molar-refractivity contribution >= 4 is 40.6 Å². The number of nitrogens with one attached hydrogen (secondary N) is 2. The Labute approximate surface area is 207 Å². The molecule has 34 heavy (non-hydrogen) atoms. The molecule has 0 amide bonds. The Bertz CT molecular complexity index is 1170. The number of nitrogens with zero attached hydrogens (tertiary/aromatic N) is 2. The van der Waals surface area contributed by atoms with Crippen LogP contribution in [0.4, 0.5) is 10.2 Å². The second-order valence-corrected chi connectivity index (χ2v) is 9.14. The number of halogens is 3. The number of hydrogen-bond acceptors (Lipinski definition) is 5. The van der Waals surface area contributed by atoms with Crippen LogP contribution in [0.2, 0.25) is 10.0 Å². The van der Waals surface area contributed by atoms with Crippen molar-refractivity contribution in [3.05, 3.63) is 81.0 Å². The summed E-state index contributed by atoms with van der Waals surface area (Å²) in [5.74, 6) is -0.989. The summed E-state index contributed by atoms with van der Waals surface area (Å²) in [5.41, 5.74) is 0.793. The highest BCUT2D eigenvalue weighted by Gasteiger charge is 2.22. The number of hydrogen-bond donors (Lipinski definition) is 2. The summed E-state index contributed by atoms with van der Waals surface area (Å²) in [4.78, 5) is 35.1. The molecule has 1 aromatic carbocycles. The van der Waals surface area contributed by atoms with Crippen LogP contribution in [0, 0.1) is 5.82 Å². The molecule has 0 aliphatic carbocycles. The third-order valence-corrected chi connectivity index (χ3v) is 6.50. The average molecular weight is 503 g/mol. The van der Waals surface area contributed by atoms with E-state index < -0.39 is 11.6 Å². The first kappa shape index (κ1) is 24.4. The van der Waals surface area contributed by atoms with Crippen LogP contribution >= 0.6 is 23.2 Å². The van der Waals surface area contributed by atoms with Gasteiger partial charge in [-0.05, 0) is 55.8 Å². The van der Waals surface area contributed by atoms with Gasteiger partial charge < -0.3 is 15.2 Å². The van der Waals surface area contributed by atoms with Crippen molar-refractivity contribution in [3.63, 3.8) is 0 Å². The molecule has 9 heteroatoms. The normalized spacial score (nSPS) is 14.2. The Kier molecular flexibility index (Phi) is 7.98. The molecule has 2 aromatic heterocycles. The van der Waals surface area contributed by atoms with Gasteiger partial charge in [0.05, 0.1) is 21.3 Å². The molecule has 0 bridgehead atoms. The van der Waals surface area contributed by atoms with Crippen LogP contribution < -0.4 is 5.32 Å². The van der Waals surface area contributed by atoms with Gasteiger partial charge in [-0.3, -0.25) is 9.59 Å². The Balaban J connectivity index is 1.34. The number of carbonyl (C=O) groups is 2. The van der Waals surface area contributed by atoms with Crippen molar-refractivity contribution < 1.29 is 14.0 Å². The van der Waals surface area contributed by atoms with E-state index in [2.05, 4.69) is 20.2 Å². The number of anilines is 1. The number of aromatic nitrogens is 2. The summed E-state index contributed by atoms with van der Waals surface area (Å²) in [6.45, 7) is 4.12. The number of aromatic amines is 1. The molecule has 0 spiro atoms. The van der Waals surface area contributed by atoms with Crippen molar-refractivity contribution in [1.29, 1.82) is 0 Å². The van der Waals surface area contributed by atoms with Gasteiger partial charge in [0.1, 0.15) is 5.82 Å². The van der Waals surface area contributed by atoms with E-state index >= 15 is 0 Å². The van der Waals surface area contributed by atoms with E-state index in [4.69, 9.17) is 23.2 Å². The topological polar surface area (TPSA) is 78.1 Å². The maximum atomic E-state index is 14.3. The van der Waals surface area contributed by atoms with Gasteiger partial charge in [-0.1, -0.05) is 35.7 Å². The second-order valence-electron chi connectivity index (χ2n) is 8.33. The lowest BCUT2D eigenvalue weighted by Gasteiger charge is -2.26. The van der Waals surface area contributed by atoms with Gasteiger partial charge in [0, 0.05) is 37.5 Å². The van der Waals surface area contributed by atoms with Crippen molar-refractivity contribution in [1.82, 2.24) is 14.9 Å². The summed E-state index contributed by atoms with van der Waals surface area (Å²) in [6, 6.07) is 7.74. The molecule has 1 fully saturated rings. The van der Waals surface area contributed by atoms with Crippen LogP contribution in [0.3, 0.4) is 0 Å². The van der Waals surface area contributed by atoms with Gasteiger partial charge in [0.25, 0.3) is 0 Å². The lowest BCUT2D eigenvalue weighted by Crippen LogP contribution is -2.33. The predicted octanol–water partition coefficient (Wildman–Crippen LogP) is 5.41. The Morgan fingerprint density at radius 1 is 1.09 bits per heavy atom. The Hall–Kier alpha value is -2.74. The van der Waals surface area contributed by atoms with Gasteiger partial charge in [-0.15, -0.1) is 0 Å². The van der Waals surface area contributed by atoms with Crippen molar-refractivity contribution in [2.24, 2.45) is 0 Å². The minimum absolute atomic E-state index is 0.0447. The summed E-state index contributed by atoms with van der Waals surface area (Å²) in [7, 11) is 0. The van der Waals surface area contributed by atoms with Gasteiger partial charge in [-0.2, -0.15) is 0 Å². The van der Waals surface area contributed by atoms with Crippen molar-refractivity contribution in [3.8, 4) is 0 Å². The molecule has 0 unspecified atom stereocenters. The molecular weight excluding hydrogens is 478 g/mol. The smallest absolute Gasteiger partial charge is 0.199 e. The number of ketones is 2. The van der Waals surface area contributed by atoms with Crippen molar-refractivity contribution in [2.75, 3.05) is 31.5 Å². The maximum absolute atomic E-state index is 14.3. The van der Waals surface area contributed by atoms with Gasteiger partial charge in [0.2, 0.25) is 0 Å². The first-order chi connectivity index (χ1) is 16.4. The summed E-state index contributed by atoms with van der Waals surface area (Å²) < 4.78 is 14.3. The van der Waals surface area contributed by atoms with Gasteiger partial charge >= 0.3 is 0 Å². The molecule has 0 radical (unpaired) electrons. The molecule has 6 nitrogen and oxygen atoms in total. The fourth-order valence-corrected chi connectivity index (χ4v) is 4.39. The zero-order chi connectivity index (χ0) is 24.1. The lowest BCUT2D eigenvalue weighted by molar-refractivity contribution is 0.0988. The van der Waals surface area contributed by atoms with E-state index in [0.717, 1.165) is 37.6 Å². The highest BCUT2D eigenvalue weighted by Crippen LogP contribution is 2.28. The van der Waals surface area contributed by atoms with Crippen LogP contribution in [0.15, 0.2) is 42.7 Å². The summed E-state index contributed by atoms with van der Waals surface area (Å²) >= 11 is 11.8. The monoisotopic (exact) mass is 502 g/mol. The van der Waals surface area contributed by atoms with Crippen LogP contribution in [-0.2, 0) is 6.42 Å². The number of Topliss-reactive ketones (excluding diaryl/α,β-unsaturated/α-hetero) is 1. The maximum Gasteiger partial charge on any atom is 0.199 e. The summed E-state index contributed by atoms with van der Waals surface area (Å²) in [6.07, 6.45) is 6.99. The molecule has 2 N–H and O–H groups in total. The lowest BCUT2D eigenvalue weighted by atomic mass is 10.0. The van der Waals surface area contributed by atoms with Crippen LogP contribution in [0.1, 0.15) is 51.2 Å². The van der Waals surface area contributed by atoms with Crippen LogP contribution in [-0.4, -0.2) is 52.6 Å². The number of pyridine rings is 1. The minimum atomic E-state index is -0.885. The molecule has 1 saturated heterocycles. The van der Waals surface area contributed by atoms with Gasteiger partial charge in [0.15, 0.2) is 17.4 Å². The van der Waals surface area contributed by atoms with E-state index in [0.29, 0.717) is 0 Å².